The summed E-state index contributed by atoms with van der Waals surface area (Å²) in [5.74, 6) is 0.758. The summed E-state index contributed by atoms with van der Waals surface area (Å²) in [5, 5.41) is 13.9. The van der Waals surface area contributed by atoms with Crippen molar-refractivity contribution in [2.24, 2.45) is 0 Å². The van der Waals surface area contributed by atoms with E-state index in [2.05, 4.69) is 17.2 Å². The largest absolute Gasteiger partial charge is 0.497 e. The van der Waals surface area contributed by atoms with E-state index in [1.165, 1.54) is 0 Å². The molecule has 0 radical (unpaired) electrons. The molecule has 0 aliphatic heterocycles. The Bertz CT molecular complexity index is 545. The summed E-state index contributed by atoms with van der Waals surface area (Å²) in [6.07, 6.45) is 3.85. The molecule has 2 atom stereocenters. The van der Waals surface area contributed by atoms with Crippen LogP contribution in [0.4, 0.5) is 0 Å². The summed E-state index contributed by atoms with van der Waals surface area (Å²) in [6.45, 7) is 2.75. The molecule has 1 aromatic carbocycles. The van der Waals surface area contributed by atoms with Gasteiger partial charge in [0.2, 0.25) is 0 Å². The zero-order chi connectivity index (χ0) is 15.1. The molecule has 1 aromatic heterocycles. The van der Waals surface area contributed by atoms with Crippen molar-refractivity contribution >= 4 is 0 Å². The molecule has 2 aromatic rings. The van der Waals surface area contributed by atoms with Crippen LogP contribution in [0.5, 0.6) is 5.75 Å². The van der Waals surface area contributed by atoms with Gasteiger partial charge in [-0.2, -0.15) is 0 Å². The first-order chi connectivity index (χ1) is 10.2. The van der Waals surface area contributed by atoms with Crippen molar-refractivity contribution in [1.82, 2.24) is 10.3 Å². The highest BCUT2D eigenvalue weighted by atomic mass is 16.5. The fourth-order valence-electron chi connectivity index (χ4n) is 2.29. The first-order valence-corrected chi connectivity index (χ1v) is 7.19. The number of hydrogen-bond acceptors (Lipinski definition) is 4. The second-order valence-electron chi connectivity index (χ2n) is 4.98. The third kappa shape index (κ3) is 4.28. The molecule has 0 saturated carbocycles. The monoisotopic (exact) mass is 286 g/mol. The first-order valence-electron chi connectivity index (χ1n) is 7.19. The molecular formula is C17H22N2O2. The van der Waals surface area contributed by atoms with E-state index in [4.69, 9.17) is 4.74 Å². The molecule has 0 spiro atoms. The van der Waals surface area contributed by atoms with Crippen molar-refractivity contribution < 1.29 is 9.84 Å². The number of rotatable bonds is 7. The molecule has 0 bridgehead atoms. The van der Waals surface area contributed by atoms with Crippen molar-refractivity contribution in [3.63, 3.8) is 0 Å². The van der Waals surface area contributed by atoms with Crippen molar-refractivity contribution in [2.75, 3.05) is 7.11 Å². The van der Waals surface area contributed by atoms with Gasteiger partial charge in [-0.3, -0.25) is 4.98 Å². The van der Waals surface area contributed by atoms with Crippen LogP contribution < -0.4 is 10.1 Å². The molecule has 112 valence electrons. The Kier molecular flexibility index (Phi) is 5.72. The Labute approximate surface area is 125 Å². The van der Waals surface area contributed by atoms with E-state index in [0.29, 0.717) is 6.54 Å². The summed E-state index contributed by atoms with van der Waals surface area (Å²) in [5.41, 5.74) is 1.97. The van der Waals surface area contributed by atoms with E-state index in [0.717, 1.165) is 23.3 Å². The summed E-state index contributed by atoms with van der Waals surface area (Å²) in [6, 6.07) is 11.5. The van der Waals surface area contributed by atoms with Crippen molar-refractivity contribution in [2.45, 2.75) is 32.0 Å². The standard InChI is InChI=1S/C17H22N2O2/c1-3-16(19-12-13-6-5-9-18-11-13)17(20)14-7-4-8-15(10-14)21-2/h4-11,16-17,19-20H,3,12H2,1-2H3. The normalized spacial score (nSPS) is 13.7. The molecule has 2 N–H and O–H groups in total. The van der Waals surface area contributed by atoms with Gasteiger partial charge >= 0.3 is 0 Å². The van der Waals surface area contributed by atoms with Gasteiger partial charge in [-0.25, -0.2) is 0 Å². The number of pyridine rings is 1. The molecule has 4 heteroatoms. The highest BCUT2D eigenvalue weighted by Crippen LogP contribution is 2.23. The SMILES string of the molecule is CCC(NCc1cccnc1)C(O)c1cccc(OC)c1. The minimum absolute atomic E-state index is 0.0164. The average molecular weight is 286 g/mol. The Morgan fingerprint density at radius 2 is 2.14 bits per heavy atom. The highest BCUT2D eigenvalue weighted by molar-refractivity contribution is 5.30. The molecule has 2 unspecified atom stereocenters. The quantitative estimate of drug-likeness (QED) is 0.821. The Morgan fingerprint density at radius 1 is 1.29 bits per heavy atom. The van der Waals surface area contributed by atoms with E-state index >= 15 is 0 Å². The van der Waals surface area contributed by atoms with Crippen LogP contribution in [0.3, 0.4) is 0 Å². The van der Waals surface area contributed by atoms with Crippen molar-refractivity contribution in [3.8, 4) is 5.75 Å². The number of aliphatic hydroxyl groups is 1. The second-order valence-corrected chi connectivity index (χ2v) is 4.98. The Balaban J connectivity index is 2.02. The number of hydrogen-bond donors (Lipinski definition) is 2. The van der Waals surface area contributed by atoms with Gasteiger partial charge in [0.1, 0.15) is 5.75 Å². The number of nitrogens with zero attached hydrogens (tertiary/aromatic N) is 1. The summed E-state index contributed by atoms with van der Waals surface area (Å²) >= 11 is 0. The van der Waals surface area contributed by atoms with Crippen molar-refractivity contribution in [3.05, 3.63) is 59.9 Å². The van der Waals surface area contributed by atoms with E-state index in [1.807, 2.05) is 42.6 Å². The molecule has 4 nitrogen and oxygen atoms in total. The van der Waals surface area contributed by atoms with Crippen LogP contribution in [-0.2, 0) is 6.54 Å². The predicted octanol–water partition coefficient (Wildman–Crippen LogP) is 2.69. The third-order valence-electron chi connectivity index (χ3n) is 3.55. The second kappa shape index (κ2) is 7.76. The molecule has 0 aliphatic rings. The highest BCUT2D eigenvalue weighted by Gasteiger charge is 2.19. The fraction of sp³-hybridized carbons (Fsp3) is 0.353. The van der Waals surface area contributed by atoms with Crippen molar-refractivity contribution in [1.29, 1.82) is 0 Å². The van der Waals surface area contributed by atoms with Gasteiger partial charge in [0.25, 0.3) is 0 Å². The third-order valence-corrected chi connectivity index (χ3v) is 3.55. The molecule has 0 amide bonds. The molecule has 0 fully saturated rings. The van der Waals surface area contributed by atoms with Crippen LogP contribution in [0.25, 0.3) is 0 Å². The lowest BCUT2D eigenvalue weighted by Gasteiger charge is -2.23. The zero-order valence-corrected chi connectivity index (χ0v) is 12.5. The van der Waals surface area contributed by atoms with E-state index < -0.39 is 6.10 Å². The number of nitrogens with one attached hydrogen (secondary N) is 1. The van der Waals surface area contributed by atoms with Crippen LogP contribution in [0.15, 0.2) is 48.8 Å². The molecule has 0 saturated heterocycles. The number of aliphatic hydroxyl groups excluding tert-OH is 1. The number of benzene rings is 1. The average Bonchev–Trinajstić information content (AvgIpc) is 2.56. The summed E-state index contributed by atoms with van der Waals surface area (Å²) in [7, 11) is 1.63. The van der Waals surface area contributed by atoms with Gasteiger partial charge in [0.05, 0.1) is 13.2 Å². The lowest BCUT2D eigenvalue weighted by Crippen LogP contribution is -2.34. The first kappa shape index (κ1) is 15.5. The van der Waals surface area contributed by atoms with Crippen LogP contribution in [-0.4, -0.2) is 23.2 Å². The van der Waals surface area contributed by atoms with Gasteiger partial charge in [-0.1, -0.05) is 25.1 Å². The van der Waals surface area contributed by atoms with Gasteiger partial charge in [0.15, 0.2) is 0 Å². The van der Waals surface area contributed by atoms with Gasteiger partial charge in [-0.15, -0.1) is 0 Å². The molecule has 1 heterocycles. The molecule has 21 heavy (non-hydrogen) atoms. The molecular weight excluding hydrogens is 264 g/mol. The molecule has 2 rings (SSSR count). The van der Waals surface area contributed by atoms with Crippen LogP contribution in [0.1, 0.15) is 30.6 Å². The lowest BCUT2D eigenvalue weighted by molar-refractivity contribution is 0.125. The minimum Gasteiger partial charge on any atom is -0.497 e. The van der Waals surface area contributed by atoms with Gasteiger partial charge in [-0.05, 0) is 35.7 Å². The number of ether oxygens (including phenoxy) is 1. The van der Waals surface area contributed by atoms with Crippen LogP contribution in [0, 0.1) is 0 Å². The lowest BCUT2D eigenvalue weighted by atomic mass is 10.00. The van der Waals surface area contributed by atoms with Gasteiger partial charge < -0.3 is 15.2 Å². The van der Waals surface area contributed by atoms with Crippen LogP contribution >= 0.6 is 0 Å². The maximum Gasteiger partial charge on any atom is 0.119 e. The maximum atomic E-state index is 10.5. The maximum absolute atomic E-state index is 10.5. The van der Waals surface area contributed by atoms with E-state index in [9.17, 15) is 5.11 Å². The number of methoxy groups -OCH3 is 1. The van der Waals surface area contributed by atoms with Gasteiger partial charge in [0, 0.05) is 25.0 Å². The Morgan fingerprint density at radius 3 is 2.81 bits per heavy atom. The smallest absolute Gasteiger partial charge is 0.119 e. The summed E-state index contributed by atoms with van der Waals surface area (Å²) < 4.78 is 5.21. The fourth-order valence-corrected chi connectivity index (χ4v) is 2.29. The van der Waals surface area contributed by atoms with Crippen LogP contribution in [0.2, 0.25) is 0 Å². The Hall–Kier alpha value is -1.91. The minimum atomic E-state index is -0.568. The van der Waals surface area contributed by atoms with E-state index in [-0.39, 0.29) is 6.04 Å². The zero-order valence-electron chi connectivity index (χ0n) is 12.5. The topological polar surface area (TPSA) is 54.4 Å². The number of aromatic nitrogens is 1. The van der Waals surface area contributed by atoms with E-state index in [1.54, 1.807) is 13.3 Å². The summed E-state index contributed by atoms with van der Waals surface area (Å²) in [4.78, 5) is 4.10. The predicted molar refractivity (Wildman–Crippen MR) is 83.1 cm³/mol. The molecule has 0 aliphatic carbocycles.